The Balaban J connectivity index is 1.21. The number of benzene rings is 7. The fourth-order valence-corrected chi connectivity index (χ4v) is 8.70. The van der Waals surface area contributed by atoms with Crippen LogP contribution in [0, 0.1) is 0 Å². The van der Waals surface area contributed by atoms with Crippen molar-refractivity contribution in [3.63, 3.8) is 0 Å². The summed E-state index contributed by atoms with van der Waals surface area (Å²) in [5.74, 6) is 2.42. The van der Waals surface area contributed by atoms with Crippen molar-refractivity contribution in [1.82, 2.24) is 9.97 Å². The lowest BCUT2D eigenvalue weighted by Crippen LogP contribution is -2.43. The summed E-state index contributed by atoms with van der Waals surface area (Å²) in [6.45, 7) is 4.69. The molecular weight excluding hydrogens is 645 g/mol. The summed E-state index contributed by atoms with van der Waals surface area (Å²) < 4.78 is 6.78. The Hall–Kier alpha value is -6.58. The van der Waals surface area contributed by atoms with E-state index in [2.05, 4.69) is 184 Å². The molecule has 8 aromatic rings. The molecule has 1 spiro atoms. The van der Waals surface area contributed by atoms with Crippen LogP contribution in [0.4, 0.5) is 0 Å². The van der Waals surface area contributed by atoms with Gasteiger partial charge in [-0.25, -0.2) is 9.97 Å². The van der Waals surface area contributed by atoms with Gasteiger partial charge >= 0.3 is 0 Å². The third-order valence-corrected chi connectivity index (χ3v) is 11.2. The van der Waals surface area contributed by atoms with Gasteiger partial charge in [-0.05, 0) is 63.7 Å². The van der Waals surface area contributed by atoms with Crippen LogP contribution in [-0.4, -0.2) is 9.97 Å². The van der Waals surface area contributed by atoms with Crippen molar-refractivity contribution < 1.29 is 4.74 Å². The maximum Gasteiger partial charge on any atom is 0.160 e. The molecule has 2 aliphatic rings. The highest BCUT2D eigenvalue weighted by molar-refractivity contribution is 5.79. The lowest BCUT2D eigenvalue weighted by Gasteiger charge is -2.50. The van der Waals surface area contributed by atoms with Crippen molar-refractivity contribution in [1.29, 1.82) is 0 Å². The van der Waals surface area contributed by atoms with Crippen LogP contribution in [0.5, 0.6) is 11.5 Å². The molecule has 0 atom stereocenters. The molecule has 10 rings (SSSR count). The van der Waals surface area contributed by atoms with Crippen LogP contribution >= 0.6 is 0 Å². The van der Waals surface area contributed by atoms with Crippen molar-refractivity contribution in [2.75, 3.05) is 0 Å². The van der Waals surface area contributed by atoms with Crippen LogP contribution in [0.1, 0.15) is 47.2 Å². The maximum absolute atomic E-state index is 6.78. The number of fused-ring (bicyclic) bond motifs is 8. The molecule has 7 aromatic carbocycles. The Kier molecular flexibility index (Phi) is 7.06. The Morgan fingerprint density at radius 3 is 1.45 bits per heavy atom. The summed E-state index contributed by atoms with van der Waals surface area (Å²) in [6.07, 6.45) is 0. The van der Waals surface area contributed by atoms with Gasteiger partial charge in [-0.1, -0.05) is 166 Å². The van der Waals surface area contributed by atoms with E-state index in [1.807, 2.05) is 12.1 Å². The molecule has 0 bridgehead atoms. The van der Waals surface area contributed by atoms with E-state index in [0.29, 0.717) is 5.82 Å². The van der Waals surface area contributed by atoms with Gasteiger partial charge in [0.1, 0.15) is 11.5 Å². The van der Waals surface area contributed by atoms with E-state index in [0.717, 1.165) is 56.3 Å². The zero-order chi connectivity index (χ0) is 35.6. The molecule has 0 saturated carbocycles. The Labute approximate surface area is 310 Å². The first-order valence-electron chi connectivity index (χ1n) is 18.2. The van der Waals surface area contributed by atoms with Gasteiger partial charge in [-0.15, -0.1) is 0 Å². The highest BCUT2D eigenvalue weighted by Gasteiger charge is 2.52. The topological polar surface area (TPSA) is 35.0 Å². The molecular formula is C50H36N2O. The summed E-state index contributed by atoms with van der Waals surface area (Å²) in [7, 11) is 0. The van der Waals surface area contributed by atoms with Crippen molar-refractivity contribution >= 4 is 0 Å². The van der Waals surface area contributed by atoms with Crippen LogP contribution in [0.25, 0.3) is 45.0 Å². The standard InChI is InChI=1S/C50H36N2O/c1-49(2)38-19-9-11-21-40(38)50(41-22-12-10-20-39(41)49)42-23-13-14-24-46(42)53-47-30-29-37(31-43(47)50)45-32-44(35-17-7-4-8-18-35)51-48(52-45)36-27-25-34(26-28-36)33-15-5-3-6-16-33/h3-32H,1-2H3. The highest BCUT2D eigenvalue weighted by Crippen LogP contribution is 2.61. The fourth-order valence-electron chi connectivity index (χ4n) is 8.70. The van der Waals surface area contributed by atoms with Gasteiger partial charge in [0.25, 0.3) is 0 Å². The minimum Gasteiger partial charge on any atom is -0.457 e. The van der Waals surface area contributed by atoms with Crippen molar-refractivity contribution in [3.8, 4) is 56.5 Å². The minimum atomic E-state index is -0.603. The summed E-state index contributed by atoms with van der Waals surface area (Å²) >= 11 is 0. The van der Waals surface area contributed by atoms with E-state index in [1.54, 1.807) is 0 Å². The third kappa shape index (κ3) is 4.81. The van der Waals surface area contributed by atoms with Crippen LogP contribution in [0.2, 0.25) is 0 Å². The third-order valence-electron chi connectivity index (χ3n) is 11.2. The lowest BCUT2D eigenvalue weighted by atomic mass is 9.53. The van der Waals surface area contributed by atoms with Gasteiger partial charge in [-0.3, -0.25) is 0 Å². The number of para-hydroxylation sites is 1. The summed E-state index contributed by atoms with van der Waals surface area (Å²) in [5, 5.41) is 0. The first kappa shape index (κ1) is 31.2. The number of hydrogen-bond acceptors (Lipinski definition) is 3. The molecule has 3 nitrogen and oxygen atoms in total. The van der Waals surface area contributed by atoms with Gasteiger partial charge < -0.3 is 4.74 Å². The molecule has 2 heterocycles. The SMILES string of the molecule is CC1(C)c2ccccc2C2(c3ccccc3Oc3ccc(-c4cc(-c5ccccc5)nc(-c5ccc(-c6ccccc6)cc5)n4)cc32)c2ccccc21. The highest BCUT2D eigenvalue weighted by atomic mass is 16.5. The van der Waals surface area contributed by atoms with Gasteiger partial charge in [-0.2, -0.15) is 0 Å². The number of ether oxygens (including phenoxy) is 1. The molecule has 0 unspecified atom stereocenters. The summed E-state index contributed by atoms with van der Waals surface area (Å²) in [5.41, 5.74) is 13.8. The molecule has 53 heavy (non-hydrogen) atoms. The molecule has 1 aliphatic heterocycles. The predicted octanol–water partition coefficient (Wildman–Crippen LogP) is 12.3. The first-order chi connectivity index (χ1) is 26.0. The predicted molar refractivity (Wildman–Crippen MR) is 214 cm³/mol. The maximum atomic E-state index is 6.78. The van der Waals surface area contributed by atoms with E-state index < -0.39 is 5.41 Å². The molecule has 0 radical (unpaired) electrons. The molecule has 0 fully saturated rings. The number of hydrogen-bond donors (Lipinski definition) is 0. The van der Waals surface area contributed by atoms with Crippen molar-refractivity contribution in [2.45, 2.75) is 24.7 Å². The Morgan fingerprint density at radius 2 is 0.811 bits per heavy atom. The Morgan fingerprint density at radius 1 is 0.358 bits per heavy atom. The van der Waals surface area contributed by atoms with Gasteiger partial charge in [0.2, 0.25) is 0 Å². The molecule has 3 heteroatoms. The molecule has 0 N–H and O–H groups in total. The Bertz CT molecular complexity index is 2610. The van der Waals surface area contributed by atoms with Gasteiger partial charge in [0.15, 0.2) is 5.82 Å². The van der Waals surface area contributed by atoms with Crippen molar-refractivity contribution in [3.05, 3.63) is 215 Å². The van der Waals surface area contributed by atoms with Gasteiger partial charge in [0, 0.05) is 33.2 Å². The normalized spacial score (nSPS) is 14.3. The summed E-state index contributed by atoms with van der Waals surface area (Å²) in [6, 6.07) is 64.6. The number of aromatic nitrogens is 2. The lowest BCUT2D eigenvalue weighted by molar-refractivity contribution is 0.425. The minimum absolute atomic E-state index is 0.189. The van der Waals surface area contributed by atoms with Crippen LogP contribution in [-0.2, 0) is 10.8 Å². The second-order valence-electron chi connectivity index (χ2n) is 14.5. The average molecular weight is 681 g/mol. The second-order valence-corrected chi connectivity index (χ2v) is 14.5. The smallest absolute Gasteiger partial charge is 0.160 e. The zero-order valence-electron chi connectivity index (χ0n) is 29.6. The molecule has 0 saturated heterocycles. The largest absolute Gasteiger partial charge is 0.457 e. The fraction of sp³-hybridized carbons (Fsp3) is 0.0800. The van der Waals surface area contributed by atoms with E-state index >= 15 is 0 Å². The number of rotatable bonds is 4. The second kappa shape index (κ2) is 12.0. The molecule has 1 aromatic heterocycles. The van der Waals surface area contributed by atoms with Crippen LogP contribution in [0.3, 0.4) is 0 Å². The van der Waals surface area contributed by atoms with E-state index in [1.165, 1.54) is 27.8 Å². The van der Waals surface area contributed by atoms with E-state index in [4.69, 9.17) is 14.7 Å². The van der Waals surface area contributed by atoms with Crippen LogP contribution < -0.4 is 4.74 Å². The van der Waals surface area contributed by atoms with Gasteiger partial charge in [0.05, 0.1) is 16.8 Å². The van der Waals surface area contributed by atoms with E-state index in [-0.39, 0.29) is 5.41 Å². The number of nitrogens with zero attached hydrogens (tertiary/aromatic N) is 2. The summed E-state index contributed by atoms with van der Waals surface area (Å²) in [4.78, 5) is 10.4. The van der Waals surface area contributed by atoms with Crippen LogP contribution in [0.15, 0.2) is 182 Å². The first-order valence-corrected chi connectivity index (χ1v) is 18.2. The molecule has 252 valence electrons. The molecule has 1 aliphatic carbocycles. The quantitative estimate of drug-likeness (QED) is 0.186. The van der Waals surface area contributed by atoms with E-state index in [9.17, 15) is 0 Å². The zero-order valence-corrected chi connectivity index (χ0v) is 29.6. The molecule has 0 amide bonds. The van der Waals surface area contributed by atoms with Crippen molar-refractivity contribution in [2.24, 2.45) is 0 Å². The monoisotopic (exact) mass is 680 g/mol. The average Bonchev–Trinajstić information content (AvgIpc) is 3.23.